The van der Waals surface area contributed by atoms with Crippen molar-refractivity contribution < 1.29 is 32.6 Å². The quantitative estimate of drug-likeness (QED) is 0.269. The highest BCUT2D eigenvalue weighted by molar-refractivity contribution is 7.92. The van der Waals surface area contributed by atoms with E-state index in [2.05, 4.69) is 10.0 Å². The molecule has 3 aromatic carbocycles. The molecule has 0 aliphatic carbocycles. The number of hydrogen-bond donors (Lipinski definition) is 3. The Morgan fingerprint density at radius 3 is 2.24 bits per heavy atom. The van der Waals surface area contributed by atoms with Crippen molar-refractivity contribution in [2.75, 3.05) is 23.8 Å². The van der Waals surface area contributed by atoms with Crippen LogP contribution >= 0.6 is 0 Å². The second-order valence-corrected chi connectivity index (χ2v) is 9.39. The summed E-state index contributed by atoms with van der Waals surface area (Å²) < 4.78 is 38.1. The molecule has 1 amide bonds. The van der Waals surface area contributed by atoms with E-state index < -0.39 is 28.5 Å². The third kappa shape index (κ3) is 7.33. The maximum absolute atomic E-state index is 12.6. The molecule has 0 aromatic heterocycles. The lowest BCUT2D eigenvalue weighted by atomic mass is 10.1. The molecule has 0 radical (unpaired) electrons. The molecular formula is C26H23N3O7S. The summed E-state index contributed by atoms with van der Waals surface area (Å²) in [5, 5.41) is 20.8. The summed E-state index contributed by atoms with van der Waals surface area (Å²) in [4.78, 5) is 23.4. The molecule has 3 aromatic rings. The van der Waals surface area contributed by atoms with E-state index in [1.807, 2.05) is 13.0 Å². The number of nitrogens with one attached hydrogen (secondary N) is 2. The Morgan fingerprint density at radius 1 is 1.00 bits per heavy atom. The summed E-state index contributed by atoms with van der Waals surface area (Å²) >= 11 is 0. The van der Waals surface area contributed by atoms with Crippen LogP contribution < -0.4 is 19.5 Å². The van der Waals surface area contributed by atoms with Gasteiger partial charge in [-0.3, -0.25) is 9.52 Å². The number of anilines is 2. The van der Waals surface area contributed by atoms with Crippen molar-refractivity contribution in [1.82, 2.24) is 0 Å². The number of carboxylic acid groups (broad SMARTS) is 1. The van der Waals surface area contributed by atoms with Crippen LogP contribution in [-0.4, -0.2) is 39.1 Å². The average Bonchev–Trinajstić information content (AvgIpc) is 2.87. The number of carboxylic acids is 1. The first-order valence-electron chi connectivity index (χ1n) is 10.8. The predicted molar refractivity (Wildman–Crippen MR) is 137 cm³/mol. The normalized spacial score (nSPS) is 11.2. The summed E-state index contributed by atoms with van der Waals surface area (Å²) in [5.41, 5.74) is 1.92. The molecule has 0 aliphatic heterocycles. The number of aliphatic carboxylic acids is 1. The van der Waals surface area contributed by atoms with Crippen molar-refractivity contribution >= 4 is 39.4 Å². The minimum atomic E-state index is -3.83. The number of nitrogens with zero attached hydrogens (tertiary/aromatic N) is 1. The second kappa shape index (κ2) is 11.7. The number of carbonyl (C=O) groups is 2. The van der Waals surface area contributed by atoms with Gasteiger partial charge in [0.15, 0.2) is 18.1 Å². The number of benzene rings is 3. The van der Waals surface area contributed by atoms with Gasteiger partial charge in [0.2, 0.25) is 0 Å². The van der Waals surface area contributed by atoms with E-state index >= 15 is 0 Å². The zero-order chi connectivity index (χ0) is 27.0. The average molecular weight is 522 g/mol. The summed E-state index contributed by atoms with van der Waals surface area (Å²) in [5.74, 6) is -1.44. The Kier molecular flexibility index (Phi) is 8.50. The fourth-order valence-electron chi connectivity index (χ4n) is 3.10. The number of ether oxygens (including phenoxy) is 2. The lowest BCUT2D eigenvalue weighted by Crippen LogP contribution is -2.15. The van der Waals surface area contributed by atoms with E-state index in [0.717, 1.165) is 5.56 Å². The molecule has 0 atom stereocenters. The van der Waals surface area contributed by atoms with Crippen molar-refractivity contribution in [2.24, 2.45) is 0 Å². The first-order chi connectivity index (χ1) is 17.6. The smallest absolute Gasteiger partial charge is 0.341 e. The molecule has 190 valence electrons. The van der Waals surface area contributed by atoms with Crippen molar-refractivity contribution in [2.45, 2.75) is 11.8 Å². The fourth-order valence-corrected chi connectivity index (χ4v) is 4.16. The van der Waals surface area contributed by atoms with Gasteiger partial charge in [-0.05, 0) is 67.1 Å². The van der Waals surface area contributed by atoms with E-state index in [0.29, 0.717) is 11.3 Å². The molecule has 3 rings (SSSR count). The first kappa shape index (κ1) is 26.8. The van der Waals surface area contributed by atoms with Crippen LogP contribution in [0.15, 0.2) is 77.2 Å². The third-order valence-electron chi connectivity index (χ3n) is 4.94. The van der Waals surface area contributed by atoms with Gasteiger partial charge in [0.1, 0.15) is 11.6 Å². The highest BCUT2D eigenvalue weighted by Crippen LogP contribution is 2.29. The van der Waals surface area contributed by atoms with Crippen molar-refractivity contribution in [3.63, 3.8) is 0 Å². The lowest BCUT2D eigenvalue weighted by Gasteiger charge is -2.10. The number of hydrogen-bond acceptors (Lipinski definition) is 7. The molecule has 0 heterocycles. The Morgan fingerprint density at radius 2 is 1.65 bits per heavy atom. The van der Waals surface area contributed by atoms with Crippen LogP contribution in [0, 0.1) is 18.3 Å². The number of carbonyl (C=O) groups excluding carboxylic acids is 1. The summed E-state index contributed by atoms with van der Waals surface area (Å²) in [6.07, 6.45) is 1.32. The minimum Gasteiger partial charge on any atom is -0.493 e. The Hall–Kier alpha value is -4.82. The number of nitriles is 1. The number of rotatable bonds is 10. The van der Waals surface area contributed by atoms with Crippen LogP contribution in [0.1, 0.15) is 11.1 Å². The molecule has 10 nitrogen and oxygen atoms in total. The van der Waals surface area contributed by atoms with Gasteiger partial charge in [0, 0.05) is 11.4 Å². The van der Waals surface area contributed by atoms with E-state index in [-0.39, 0.29) is 27.7 Å². The SMILES string of the molecule is COc1cc(C=C(C#N)C(=O)Nc2ccc(S(=O)(=O)Nc3ccc(C)cc3)cc2)ccc1OCC(=O)O. The highest BCUT2D eigenvalue weighted by Gasteiger charge is 2.16. The topological polar surface area (TPSA) is 155 Å². The monoisotopic (exact) mass is 521 g/mol. The standard InChI is InChI=1S/C26H23N3O7S/c1-17-3-6-21(7-4-17)29-37(33,34)22-10-8-20(9-11-22)28-26(32)19(15-27)13-18-5-12-23(24(14-18)35-2)36-16-25(30)31/h3-14,29H,16H2,1-2H3,(H,28,32)(H,30,31). The first-order valence-corrected chi connectivity index (χ1v) is 12.2. The number of amides is 1. The predicted octanol–water partition coefficient (Wildman–Crippen LogP) is 3.81. The molecule has 0 unspecified atom stereocenters. The highest BCUT2D eigenvalue weighted by atomic mass is 32.2. The minimum absolute atomic E-state index is 0.000533. The van der Waals surface area contributed by atoms with Gasteiger partial charge in [0.25, 0.3) is 15.9 Å². The van der Waals surface area contributed by atoms with E-state index in [1.54, 1.807) is 24.3 Å². The van der Waals surface area contributed by atoms with Crippen LogP contribution in [-0.2, 0) is 19.6 Å². The van der Waals surface area contributed by atoms with Gasteiger partial charge in [-0.1, -0.05) is 23.8 Å². The zero-order valence-corrected chi connectivity index (χ0v) is 20.7. The molecule has 0 spiro atoms. The van der Waals surface area contributed by atoms with E-state index in [1.165, 1.54) is 55.7 Å². The van der Waals surface area contributed by atoms with E-state index in [4.69, 9.17) is 14.6 Å². The second-order valence-electron chi connectivity index (χ2n) is 7.71. The molecule has 37 heavy (non-hydrogen) atoms. The Bertz CT molecular complexity index is 1470. The molecule has 0 fully saturated rings. The van der Waals surface area contributed by atoms with Gasteiger partial charge in [-0.15, -0.1) is 0 Å². The Balaban J connectivity index is 1.72. The summed E-state index contributed by atoms with van der Waals surface area (Å²) in [6.45, 7) is 1.34. The molecule has 0 bridgehead atoms. The third-order valence-corrected chi connectivity index (χ3v) is 6.34. The van der Waals surface area contributed by atoms with Crippen molar-refractivity contribution in [3.05, 3.63) is 83.4 Å². The Labute approximate surface area is 213 Å². The van der Waals surface area contributed by atoms with Crippen molar-refractivity contribution in [3.8, 4) is 17.6 Å². The molecular weight excluding hydrogens is 498 g/mol. The molecule has 0 aliphatic rings. The maximum atomic E-state index is 12.6. The summed E-state index contributed by atoms with van der Waals surface area (Å²) in [6, 6.07) is 18.7. The fraction of sp³-hybridized carbons (Fsp3) is 0.115. The van der Waals surface area contributed by atoms with Gasteiger partial charge in [0.05, 0.1) is 12.0 Å². The number of methoxy groups -OCH3 is 1. The van der Waals surface area contributed by atoms with Crippen LogP contribution in [0.3, 0.4) is 0 Å². The van der Waals surface area contributed by atoms with Gasteiger partial charge >= 0.3 is 5.97 Å². The lowest BCUT2D eigenvalue weighted by molar-refractivity contribution is -0.139. The molecule has 0 saturated heterocycles. The molecule has 3 N–H and O–H groups in total. The van der Waals surface area contributed by atoms with Crippen molar-refractivity contribution in [1.29, 1.82) is 5.26 Å². The van der Waals surface area contributed by atoms with Crippen LogP contribution in [0.2, 0.25) is 0 Å². The zero-order valence-electron chi connectivity index (χ0n) is 19.9. The summed E-state index contributed by atoms with van der Waals surface area (Å²) in [7, 11) is -2.46. The van der Waals surface area contributed by atoms with Gasteiger partial charge in [-0.2, -0.15) is 5.26 Å². The maximum Gasteiger partial charge on any atom is 0.341 e. The van der Waals surface area contributed by atoms with Gasteiger partial charge < -0.3 is 19.9 Å². The van der Waals surface area contributed by atoms with Gasteiger partial charge in [-0.25, -0.2) is 13.2 Å². The molecule has 11 heteroatoms. The van der Waals surface area contributed by atoms with Crippen LogP contribution in [0.5, 0.6) is 11.5 Å². The van der Waals surface area contributed by atoms with Crippen LogP contribution in [0.4, 0.5) is 11.4 Å². The van der Waals surface area contributed by atoms with Crippen LogP contribution in [0.25, 0.3) is 6.08 Å². The largest absolute Gasteiger partial charge is 0.493 e. The number of aryl methyl sites for hydroxylation is 1. The molecule has 0 saturated carbocycles. The number of sulfonamides is 1. The van der Waals surface area contributed by atoms with E-state index in [9.17, 15) is 23.3 Å².